The first-order valence-electron chi connectivity index (χ1n) is 19.6. The summed E-state index contributed by atoms with van der Waals surface area (Å²) in [5, 5.41) is 162. The van der Waals surface area contributed by atoms with Gasteiger partial charge in [0.25, 0.3) is 0 Å². The Kier molecular flexibility index (Phi) is 18.1. The molecule has 5 fully saturated rings. The number of hydrogen-bond acceptors (Lipinski definition) is 26. The summed E-state index contributed by atoms with van der Waals surface area (Å²) in [6.07, 6.45) is -40.9. The summed E-state index contributed by atoms with van der Waals surface area (Å²) in [6, 6.07) is -3.12. The summed E-state index contributed by atoms with van der Waals surface area (Å²) < 4.78 is 50.4. The lowest BCUT2D eigenvalue weighted by Crippen LogP contribution is -2.69. The van der Waals surface area contributed by atoms with Crippen LogP contribution in [0.2, 0.25) is 0 Å². The van der Waals surface area contributed by atoms with Crippen molar-refractivity contribution in [2.75, 3.05) is 33.0 Å². The fourth-order valence-corrected chi connectivity index (χ4v) is 7.63. The minimum atomic E-state index is -2.07. The average Bonchev–Trinajstić information content (AvgIpc) is 3.23. The smallest absolute Gasteiger partial charge is 0.217 e. The molecule has 5 aliphatic rings. The predicted octanol–water partition coefficient (Wildman–Crippen LogP) is -11.6. The van der Waals surface area contributed by atoms with Crippen molar-refractivity contribution >= 4 is 11.8 Å². The Morgan fingerprint density at radius 2 is 0.855 bits per heavy atom. The van der Waals surface area contributed by atoms with Crippen LogP contribution in [0, 0.1) is 0 Å². The van der Waals surface area contributed by atoms with E-state index in [4.69, 9.17) is 42.6 Å². The van der Waals surface area contributed by atoms with E-state index in [0.717, 1.165) is 13.8 Å². The van der Waals surface area contributed by atoms with Crippen LogP contribution in [0.5, 0.6) is 0 Å². The zero-order valence-electron chi connectivity index (χ0n) is 33.2. The van der Waals surface area contributed by atoms with Gasteiger partial charge in [-0.3, -0.25) is 9.59 Å². The van der Waals surface area contributed by atoms with Gasteiger partial charge in [-0.2, -0.15) is 0 Å². The van der Waals surface area contributed by atoms with Crippen molar-refractivity contribution in [1.29, 1.82) is 0 Å². The number of carbonyl (C=O) groups excluding carboxylic acids is 2. The lowest BCUT2D eigenvalue weighted by Gasteiger charge is -2.49. The Morgan fingerprint density at radius 3 is 1.42 bits per heavy atom. The highest BCUT2D eigenvalue weighted by Gasteiger charge is 2.55. The van der Waals surface area contributed by atoms with E-state index in [-0.39, 0.29) is 0 Å². The molecular formula is C34H58N2O26. The van der Waals surface area contributed by atoms with Crippen molar-refractivity contribution < 1.29 is 129 Å². The van der Waals surface area contributed by atoms with Gasteiger partial charge in [-0.05, 0) is 0 Å². The maximum atomic E-state index is 12.3. The molecule has 0 aromatic heterocycles. The molecule has 0 bridgehead atoms. The number of ether oxygens (including phenoxy) is 9. The minimum Gasteiger partial charge on any atom is -0.394 e. The van der Waals surface area contributed by atoms with Gasteiger partial charge in [-0.15, -0.1) is 0 Å². The van der Waals surface area contributed by atoms with E-state index in [9.17, 15) is 86.2 Å². The predicted molar refractivity (Wildman–Crippen MR) is 190 cm³/mol. The van der Waals surface area contributed by atoms with Crippen LogP contribution in [-0.4, -0.2) is 275 Å². The van der Waals surface area contributed by atoms with Crippen molar-refractivity contribution in [3.8, 4) is 0 Å². The Balaban J connectivity index is 1.28. The molecule has 5 rings (SSSR count). The molecule has 0 aliphatic carbocycles. The fraction of sp³-hybridized carbons (Fsp3) is 0.941. The van der Waals surface area contributed by atoms with Gasteiger partial charge in [0.1, 0.15) is 122 Å². The van der Waals surface area contributed by atoms with Crippen molar-refractivity contribution in [2.24, 2.45) is 0 Å². The molecule has 62 heavy (non-hydrogen) atoms. The van der Waals surface area contributed by atoms with Crippen molar-refractivity contribution in [3.63, 3.8) is 0 Å². The van der Waals surface area contributed by atoms with Crippen LogP contribution in [0.25, 0.3) is 0 Å². The molecule has 17 N–H and O–H groups in total. The summed E-state index contributed by atoms with van der Waals surface area (Å²) in [4.78, 5) is 24.3. The van der Waals surface area contributed by atoms with Crippen LogP contribution in [0.1, 0.15) is 13.8 Å². The summed E-state index contributed by atoms with van der Waals surface area (Å²) in [5.41, 5.74) is 0. The third-order valence-electron chi connectivity index (χ3n) is 11.1. The highest BCUT2D eigenvalue weighted by Crippen LogP contribution is 2.34. The molecular weight excluding hydrogens is 852 g/mol. The van der Waals surface area contributed by atoms with Crippen molar-refractivity contribution in [3.05, 3.63) is 0 Å². The Hall–Kier alpha value is -2.02. The number of carbonyl (C=O) groups is 2. The summed E-state index contributed by atoms with van der Waals surface area (Å²) in [7, 11) is 0. The van der Waals surface area contributed by atoms with E-state index < -0.39 is 198 Å². The fourth-order valence-electron chi connectivity index (χ4n) is 7.63. The van der Waals surface area contributed by atoms with Crippen LogP contribution in [0.3, 0.4) is 0 Å². The number of rotatable bonds is 15. The molecule has 2 amide bonds. The number of hydrogen-bond donors (Lipinski definition) is 17. The van der Waals surface area contributed by atoms with Gasteiger partial charge in [0.05, 0.1) is 33.0 Å². The minimum absolute atomic E-state index is 0.685. The van der Waals surface area contributed by atoms with Gasteiger partial charge >= 0.3 is 0 Å². The summed E-state index contributed by atoms with van der Waals surface area (Å²) >= 11 is 0. The lowest BCUT2D eigenvalue weighted by atomic mass is 9.94. The zero-order valence-corrected chi connectivity index (χ0v) is 33.2. The molecule has 0 aromatic carbocycles. The molecule has 5 aliphatic heterocycles. The van der Waals surface area contributed by atoms with Gasteiger partial charge in [0.15, 0.2) is 31.5 Å². The molecule has 360 valence electrons. The first kappa shape index (κ1) is 51.0. The monoisotopic (exact) mass is 910 g/mol. The maximum Gasteiger partial charge on any atom is 0.217 e. The van der Waals surface area contributed by atoms with Gasteiger partial charge in [0.2, 0.25) is 11.8 Å². The van der Waals surface area contributed by atoms with Crippen LogP contribution in [0.15, 0.2) is 0 Å². The Morgan fingerprint density at radius 1 is 0.419 bits per heavy atom. The third-order valence-corrected chi connectivity index (χ3v) is 11.1. The number of nitrogens with one attached hydrogen (secondary N) is 2. The molecule has 5 heterocycles. The molecule has 0 spiro atoms. The maximum absolute atomic E-state index is 12.3. The average molecular weight is 911 g/mol. The number of aliphatic hydroxyl groups excluding tert-OH is 15. The van der Waals surface area contributed by atoms with E-state index >= 15 is 0 Å². The van der Waals surface area contributed by atoms with E-state index in [0.29, 0.717) is 0 Å². The van der Waals surface area contributed by atoms with Crippen LogP contribution >= 0.6 is 0 Å². The van der Waals surface area contributed by atoms with E-state index in [1.165, 1.54) is 0 Å². The molecule has 5 saturated heterocycles. The van der Waals surface area contributed by atoms with E-state index in [1.807, 2.05) is 0 Å². The normalized spacial score (nSPS) is 49.0. The SMILES string of the molecule is CC(=O)N[C@H]1[C@H](OC[C@H]2O[C@H](OC[C@H]3OC(O)[C@@H](O)[C@@H](O)[C@@H]3O)[C@@H](O)[C@@H](O)[C@@H]2O)O[C@H](CO)[C@@H](O[C@@H]2O[C@H](CO)[C@H](O)[C@H](O[C@@H]3O[C@H](CO)[C@@H](O)[C@H](O)[C@H]3NC(C)=O)[C@H]2O)[C@@H]1O. The van der Waals surface area contributed by atoms with Crippen LogP contribution in [0.4, 0.5) is 0 Å². The Labute approximate surface area is 351 Å². The quantitative estimate of drug-likeness (QED) is 0.0725. The molecule has 0 radical (unpaired) electrons. The van der Waals surface area contributed by atoms with Gasteiger partial charge < -0.3 is 130 Å². The topological polar surface area (TPSA) is 445 Å². The number of amides is 2. The summed E-state index contributed by atoms with van der Waals surface area (Å²) in [6.45, 7) is -2.00. The summed E-state index contributed by atoms with van der Waals surface area (Å²) in [5.74, 6) is -1.48. The van der Waals surface area contributed by atoms with Crippen molar-refractivity contribution in [2.45, 2.75) is 167 Å². The van der Waals surface area contributed by atoms with Crippen LogP contribution < -0.4 is 10.6 Å². The second-order valence-corrected chi connectivity index (χ2v) is 15.5. The van der Waals surface area contributed by atoms with E-state index in [1.54, 1.807) is 0 Å². The molecule has 0 saturated carbocycles. The van der Waals surface area contributed by atoms with Gasteiger partial charge in [-0.1, -0.05) is 0 Å². The first-order chi connectivity index (χ1) is 29.2. The van der Waals surface area contributed by atoms with Gasteiger partial charge in [-0.25, -0.2) is 0 Å². The second kappa shape index (κ2) is 22.0. The largest absolute Gasteiger partial charge is 0.394 e. The number of aliphatic hydroxyl groups is 15. The van der Waals surface area contributed by atoms with E-state index in [2.05, 4.69) is 10.6 Å². The zero-order chi connectivity index (χ0) is 45.9. The molecule has 25 atom stereocenters. The third kappa shape index (κ3) is 11.1. The highest BCUT2D eigenvalue weighted by atomic mass is 16.8. The standard InChI is InChI=1S/C34H58N2O26/c1-8(40)35-15-21(46)17(42)10(3-37)57-32(15)62-29-20(45)11(4-38)58-34(27(29)52)61-28-12(5-39)59-31(16(22(28)47)36-9(2)41)54-7-14-19(44)24(49)26(51)33(60-14)55-6-13-18(43)23(48)25(50)30(53)56-13/h10-34,37-39,42-53H,3-7H2,1-2H3,(H,35,40)(H,36,41)/t10-,11-,12-,13-,14-,15-,16-,17-,18-,19-,20+,21-,22-,23+,24+,25+,26+,27-,28-,29+,30?,31-,32+,33+,34+/m1/s1. The Bertz CT molecular complexity index is 1440. The van der Waals surface area contributed by atoms with Crippen LogP contribution in [-0.2, 0) is 52.2 Å². The molecule has 28 heteroatoms. The van der Waals surface area contributed by atoms with Crippen molar-refractivity contribution in [1.82, 2.24) is 10.6 Å². The molecule has 0 aromatic rings. The first-order valence-corrected chi connectivity index (χ1v) is 19.6. The van der Waals surface area contributed by atoms with Gasteiger partial charge in [0, 0.05) is 13.8 Å². The highest BCUT2D eigenvalue weighted by molar-refractivity contribution is 5.73. The molecule has 1 unspecified atom stereocenters. The lowest BCUT2D eigenvalue weighted by molar-refractivity contribution is -0.371. The molecule has 28 nitrogen and oxygen atoms in total. The second-order valence-electron chi connectivity index (χ2n) is 15.5.